The number of carbonyl (C=O) groups is 1. The van der Waals surface area contributed by atoms with E-state index in [0.717, 1.165) is 0 Å². The molecule has 1 rings (SSSR count). The normalized spacial score (nSPS) is 11.1. The summed E-state index contributed by atoms with van der Waals surface area (Å²) >= 11 is 5.85. The summed E-state index contributed by atoms with van der Waals surface area (Å²) in [7, 11) is 1.67. The number of anilines is 1. The van der Waals surface area contributed by atoms with Gasteiger partial charge in [0.25, 0.3) is 0 Å². The van der Waals surface area contributed by atoms with Crippen LogP contribution >= 0.6 is 11.6 Å². The van der Waals surface area contributed by atoms with Crippen LogP contribution in [0.1, 0.15) is 27.2 Å². The molecule has 1 aromatic rings. The molecule has 2 N–H and O–H groups in total. The number of rotatable bonds is 5. The third kappa shape index (κ3) is 6.03. The lowest BCUT2D eigenvalue weighted by atomic mass is 10.2. The number of aromatic nitrogens is 2. The van der Waals surface area contributed by atoms with E-state index in [4.69, 9.17) is 26.8 Å². The lowest BCUT2D eigenvalue weighted by Crippen LogP contribution is -2.35. The van der Waals surface area contributed by atoms with Gasteiger partial charge < -0.3 is 20.1 Å². The number of nitrogens with two attached hydrogens (primary N) is 1. The van der Waals surface area contributed by atoms with Crippen molar-refractivity contribution in [2.75, 3.05) is 25.9 Å². The van der Waals surface area contributed by atoms with Gasteiger partial charge in [-0.05, 0) is 27.2 Å². The van der Waals surface area contributed by atoms with Crippen LogP contribution in [0.3, 0.4) is 0 Å². The third-order valence-electron chi connectivity index (χ3n) is 2.38. The van der Waals surface area contributed by atoms with E-state index in [1.165, 1.54) is 11.2 Å². The predicted molar refractivity (Wildman–Crippen MR) is 80.4 cm³/mol. The molecule has 0 atom stereocenters. The molecule has 0 unspecified atom stereocenters. The fraction of sp³-hybridized carbons (Fsp3) is 0.615. The summed E-state index contributed by atoms with van der Waals surface area (Å²) in [6.07, 6.45) is 1.49. The molecule has 0 aliphatic carbocycles. The first-order valence-electron chi connectivity index (χ1n) is 6.53. The Hall–Kier alpha value is -1.76. The van der Waals surface area contributed by atoms with Crippen molar-refractivity contribution in [3.63, 3.8) is 0 Å². The van der Waals surface area contributed by atoms with Gasteiger partial charge in [0.15, 0.2) is 16.7 Å². The monoisotopic (exact) mass is 316 g/mol. The van der Waals surface area contributed by atoms with Crippen LogP contribution in [0.5, 0.6) is 5.75 Å². The van der Waals surface area contributed by atoms with E-state index in [1.807, 2.05) is 20.8 Å². The van der Waals surface area contributed by atoms with E-state index in [1.54, 1.807) is 7.05 Å². The zero-order valence-electron chi connectivity index (χ0n) is 12.7. The number of hydrogen-bond acceptors (Lipinski definition) is 6. The second-order valence-corrected chi connectivity index (χ2v) is 5.84. The minimum Gasteiger partial charge on any atom is -0.487 e. The Morgan fingerprint density at radius 2 is 2.10 bits per heavy atom. The van der Waals surface area contributed by atoms with E-state index in [2.05, 4.69) is 9.97 Å². The summed E-state index contributed by atoms with van der Waals surface area (Å²) in [4.78, 5) is 20.8. The Morgan fingerprint density at radius 3 is 2.67 bits per heavy atom. The quantitative estimate of drug-likeness (QED) is 0.662. The van der Waals surface area contributed by atoms with Crippen molar-refractivity contribution in [1.82, 2.24) is 14.9 Å². The van der Waals surface area contributed by atoms with Crippen molar-refractivity contribution in [3.05, 3.63) is 11.5 Å². The van der Waals surface area contributed by atoms with Gasteiger partial charge in [-0.2, -0.15) is 0 Å². The van der Waals surface area contributed by atoms with Crippen LogP contribution in [0.15, 0.2) is 6.33 Å². The maximum Gasteiger partial charge on any atom is 0.410 e. The number of hydrogen-bond donors (Lipinski definition) is 1. The highest BCUT2D eigenvalue weighted by atomic mass is 35.5. The molecule has 0 aromatic carbocycles. The number of nitrogens with zero attached hydrogens (tertiary/aromatic N) is 3. The Labute approximate surface area is 129 Å². The van der Waals surface area contributed by atoms with Crippen LogP contribution in [0.25, 0.3) is 0 Å². The van der Waals surface area contributed by atoms with Gasteiger partial charge in [0.2, 0.25) is 0 Å². The Bertz CT molecular complexity index is 471. The predicted octanol–water partition coefficient (Wildman–Crippen LogP) is 2.35. The summed E-state index contributed by atoms with van der Waals surface area (Å²) in [5.74, 6) is 0.453. The maximum absolute atomic E-state index is 11.7. The molecule has 0 aliphatic heterocycles. The van der Waals surface area contributed by atoms with Gasteiger partial charge >= 0.3 is 6.09 Å². The smallest absolute Gasteiger partial charge is 0.410 e. The van der Waals surface area contributed by atoms with E-state index in [0.29, 0.717) is 19.6 Å². The number of carbonyl (C=O) groups excluding carboxylic acids is 1. The van der Waals surface area contributed by atoms with E-state index < -0.39 is 5.60 Å². The average Bonchev–Trinajstić information content (AvgIpc) is 2.35. The first-order chi connectivity index (χ1) is 9.70. The molecule has 0 saturated heterocycles. The zero-order chi connectivity index (χ0) is 16.0. The molecule has 0 saturated carbocycles. The molecule has 0 bridgehead atoms. The largest absolute Gasteiger partial charge is 0.487 e. The fourth-order valence-corrected chi connectivity index (χ4v) is 1.60. The van der Waals surface area contributed by atoms with Gasteiger partial charge in [-0.3, -0.25) is 0 Å². The Balaban J connectivity index is 2.36. The van der Waals surface area contributed by atoms with Crippen LogP contribution in [0, 0.1) is 0 Å². The summed E-state index contributed by atoms with van der Waals surface area (Å²) in [5, 5.41) is 0.169. The molecule has 0 spiro atoms. The highest BCUT2D eigenvalue weighted by molar-refractivity contribution is 6.31. The van der Waals surface area contributed by atoms with Gasteiger partial charge in [-0.1, -0.05) is 11.6 Å². The van der Waals surface area contributed by atoms with Crippen molar-refractivity contribution >= 4 is 23.5 Å². The molecular formula is C13H21ClN4O3. The second-order valence-electron chi connectivity index (χ2n) is 5.48. The van der Waals surface area contributed by atoms with Crippen molar-refractivity contribution in [2.45, 2.75) is 32.8 Å². The average molecular weight is 317 g/mol. The summed E-state index contributed by atoms with van der Waals surface area (Å²) in [5.41, 5.74) is 5.13. The molecule has 1 aromatic heterocycles. The number of halogens is 1. The van der Waals surface area contributed by atoms with E-state index in [9.17, 15) is 4.79 Å². The molecule has 21 heavy (non-hydrogen) atoms. The van der Waals surface area contributed by atoms with Gasteiger partial charge in [-0.25, -0.2) is 14.8 Å². The van der Waals surface area contributed by atoms with Crippen LogP contribution in [0.4, 0.5) is 10.6 Å². The van der Waals surface area contributed by atoms with E-state index >= 15 is 0 Å². The first kappa shape index (κ1) is 17.3. The minimum atomic E-state index is -0.509. The van der Waals surface area contributed by atoms with Crippen LogP contribution < -0.4 is 10.5 Å². The first-order valence-corrected chi connectivity index (χ1v) is 6.91. The molecule has 7 nitrogen and oxygen atoms in total. The van der Waals surface area contributed by atoms with Crippen molar-refractivity contribution in [3.8, 4) is 5.75 Å². The van der Waals surface area contributed by atoms with E-state index in [-0.39, 0.29) is 22.8 Å². The van der Waals surface area contributed by atoms with Crippen molar-refractivity contribution < 1.29 is 14.3 Å². The molecule has 1 amide bonds. The standard InChI is InChI=1S/C13H21ClN4O3/c1-13(2,3)21-12(19)18(4)6-5-7-20-9-10(14)16-8-17-11(9)15/h8H,5-7H2,1-4H3,(H2,15,16,17). The second kappa shape index (κ2) is 7.31. The maximum atomic E-state index is 11.7. The van der Waals surface area contributed by atoms with Crippen LogP contribution in [0.2, 0.25) is 5.15 Å². The minimum absolute atomic E-state index is 0.169. The molecular weight excluding hydrogens is 296 g/mol. The highest BCUT2D eigenvalue weighted by Crippen LogP contribution is 2.26. The third-order valence-corrected chi connectivity index (χ3v) is 2.65. The molecule has 118 valence electrons. The van der Waals surface area contributed by atoms with Gasteiger partial charge in [-0.15, -0.1) is 0 Å². The van der Waals surface area contributed by atoms with Gasteiger partial charge in [0, 0.05) is 13.6 Å². The molecule has 0 fully saturated rings. The Morgan fingerprint density at radius 1 is 1.43 bits per heavy atom. The van der Waals surface area contributed by atoms with Crippen molar-refractivity contribution in [1.29, 1.82) is 0 Å². The van der Waals surface area contributed by atoms with Crippen molar-refractivity contribution in [2.24, 2.45) is 0 Å². The molecule has 0 aliphatic rings. The van der Waals surface area contributed by atoms with Gasteiger partial charge in [0.05, 0.1) is 6.61 Å². The SMILES string of the molecule is CN(CCCOc1c(N)ncnc1Cl)C(=O)OC(C)(C)C. The number of nitrogen functional groups attached to an aromatic ring is 1. The van der Waals surface area contributed by atoms with Crippen LogP contribution in [-0.2, 0) is 4.74 Å². The lowest BCUT2D eigenvalue weighted by Gasteiger charge is -2.24. The fourth-order valence-electron chi connectivity index (χ4n) is 1.41. The molecule has 1 heterocycles. The van der Waals surface area contributed by atoms with Gasteiger partial charge in [0.1, 0.15) is 11.9 Å². The topological polar surface area (TPSA) is 90.6 Å². The highest BCUT2D eigenvalue weighted by Gasteiger charge is 2.19. The lowest BCUT2D eigenvalue weighted by molar-refractivity contribution is 0.0292. The zero-order valence-corrected chi connectivity index (χ0v) is 13.5. The molecule has 0 radical (unpaired) electrons. The Kier molecular flexibility index (Phi) is 6.02. The summed E-state index contributed by atoms with van der Waals surface area (Å²) in [6, 6.07) is 0. The summed E-state index contributed by atoms with van der Waals surface area (Å²) in [6.45, 7) is 6.29. The summed E-state index contributed by atoms with van der Waals surface area (Å²) < 4.78 is 10.7. The van der Waals surface area contributed by atoms with Crippen LogP contribution in [-0.4, -0.2) is 46.8 Å². The number of amides is 1. The number of ether oxygens (including phenoxy) is 2. The molecule has 8 heteroatoms.